The van der Waals surface area contributed by atoms with Gasteiger partial charge in [-0.3, -0.25) is 0 Å². The van der Waals surface area contributed by atoms with E-state index in [1.807, 2.05) is 0 Å². The van der Waals surface area contributed by atoms with Crippen LogP contribution in [0.25, 0.3) is 5.70 Å². The topological polar surface area (TPSA) is 24.1 Å². The molecule has 2 nitrogen and oxygen atoms in total. The molecule has 2 N–H and O–H groups in total. The lowest BCUT2D eigenvalue weighted by atomic mass is 9.63. The van der Waals surface area contributed by atoms with Crippen LogP contribution in [-0.4, -0.2) is 0 Å². The second-order valence-corrected chi connectivity index (χ2v) is 7.99. The lowest BCUT2D eigenvalue weighted by Gasteiger charge is -2.39. The molecule has 2 fully saturated rings. The summed E-state index contributed by atoms with van der Waals surface area (Å²) in [5.74, 6) is 0.717. The Morgan fingerprint density at radius 3 is 2.58 bits per heavy atom. The van der Waals surface area contributed by atoms with Crippen molar-refractivity contribution in [3.63, 3.8) is 0 Å². The van der Waals surface area contributed by atoms with Crippen LogP contribution in [0.1, 0.15) is 61.6 Å². The molecule has 132 valence electrons. The van der Waals surface area contributed by atoms with Crippen molar-refractivity contribution in [2.24, 2.45) is 0 Å². The van der Waals surface area contributed by atoms with Gasteiger partial charge in [-0.15, -0.1) is 0 Å². The Morgan fingerprint density at radius 2 is 1.96 bits per heavy atom. The minimum atomic E-state index is 0.181. The second-order valence-electron chi connectivity index (χ2n) is 7.99. The summed E-state index contributed by atoms with van der Waals surface area (Å²) >= 11 is 0. The first-order valence-corrected chi connectivity index (χ1v) is 9.85. The predicted octanol–water partition coefficient (Wildman–Crippen LogP) is 6.40. The molecule has 5 rings (SSSR count). The quantitative estimate of drug-likeness (QED) is 0.672. The van der Waals surface area contributed by atoms with E-state index in [2.05, 4.69) is 72.7 Å². The molecule has 0 aromatic heterocycles. The van der Waals surface area contributed by atoms with Gasteiger partial charge in [0.1, 0.15) is 0 Å². The molecule has 1 heterocycles. The second kappa shape index (κ2) is 5.77. The fraction of sp³-hybridized carbons (Fsp3) is 0.333. The molecule has 2 aromatic carbocycles. The highest BCUT2D eigenvalue weighted by Crippen LogP contribution is 2.59. The molecule has 0 bridgehead atoms. The molecule has 0 radical (unpaired) electrons. The van der Waals surface area contributed by atoms with E-state index in [4.69, 9.17) is 0 Å². The lowest BCUT2D eigenvalue weighted by molar-refractivity contribution is 0.307. The Morgan fingerprint density at radius 1 is 1.19 bits per heavy atom. The number of para-hydroxylation sites is 1. The summed E-state index contributed by atoms with van der Waals surface area (Å²) in [4.78, 5) is 0. The van der Waals surface area contributed by atoms with Crippen LogP contribution >= 0.6 is 0 Å². The molecular weight excluding hydrogens is 316 g/mol. The molecule has 2 aromatic rings. The number of hydrogen-bond donors (Lipinski definition) is 2. The summed E-state index contributed by atoms with van der Waals surface area (Å²) in [5, 5.41) is 7.30. The van der Waals surface area contributed by atoms with E-state index in [1.54, 1.807) is 0 Å². The summed E-state index contributed by atoms with van der Waals surface area (Å²) in [7, 11) is 0. The minimum Gasteiger partial charge on any atom is -0.358 e. The number of rotatable bonds is 4. The predicted molar refractivity (Wildman–Crippen MR) is 110 cm³/mol. The molecule has 3 aliphatic rings. The van der Waals surface area contributed by atoms with E-state index in [1.165, 1.54) is 65.9 Å². The highest BCUT2D eigenvalue weighted by Gasteiger charge is 2.48. The van der Waals surface area contributed by atoms with Crippen LogP contribution in [0.5, 0.6) is 0 Å². The van der Waals surface area contributed by atoms with Crippen LogP contribution in [0, 0.1) is 0 Å². The molecule has 2 heteroatoms. The van der Waals surface area contributed by atoms with Gasteiger partial charge in [0, 0.05) is 28.2 Å². The fourth-order valence-corrected chi connectivity index (χ4v) is 4.58. The molecule has 1 aliphatic heterocycles. The maximum atomic E-state index is 4.39. The molecule has 0 saturated heterocycles. The molecule has 2 saturated carbocycles. The number of nitrogens with one attached hydrogen (secondary N) is 2. The molecule has 1 spiro atoms. The molecular formula is C24H26N2. The van der Waals surface area contributed by atoms with Gasteiger partial charge in [0.25, 0.3) is 0 Å². The number of anilines is 2. The van der Waals surface area contributed by atoms with E-state index in [-0.39, 0.29) is 5.41 Å². The Bertz CT molecular complexity index is 899. The number of allylic oxidation sites excluding steroid dienone is 2. The monoisotopic (exact) mass is 342 g/mol. The van der Waals surface area contributed by atoms with Crippen molar-refractivity contribution in [3.05, 3.63) is 77.5 Å². The zero-order chi connectivity index (χ0) is 17.7. The SMILES string of the molecule is C=C1Nc2c(C3CC3)cc(/C(=C/C)Nc3ccccc3)cc2C12CCC2. The summed E-state index contributed by atoms with van der Waals surface area (Å²) in [6, 6.07) is 15.3. The average molecular weight is 342 g/mol. The molecule has 26 heavy (non-hydrogen) atoms. The number of benzene rings is 2. The van der Waals surface area contributed by atoms with E-state index in [0.29, 0.717) is 5.92 Å². The largest absolute Gasteiger partial charge is 0.358 e. The highest BCUT2D eigenvalue weighted by atomic mass is 15.0. The third kappa shape index (κ3) is 2.32. The van der Waals surface area contributed by atoms with Crippen LogP contribution in [-0.2, 0) is 5.41 Å². The molecule has 0 atom stereocenters. The fourth-order valence-electron chi connectivity index (χ4n) is 4.58. The van der Waals surface area contributed by atoms with Crippen LogP contribution in [0.2, 0.25) is 0 Å². The first kappa shape index (κ1) is 15.7. The number of fused-ring (bicyclic) bond motifs is 2. The van der Waals surface area contributed by atoms with Crippen molar-refractivity contribution in [2.45, 2.75) is 50.4 Å². The zero-order valence-electron chi connectivity index (χ0n) is 15.4. The van der Waals surface area contributed by atoms with Gasteiger partial charge in [-0.25, -0.2) is 0 Å². The summed E-state index contributed by atoms with van der Waals surface area (Å²) < 4.78 is 0. The molecule has 0 amide bonds. The van der Waals surface area contributed by atoms with Gasteiger partial charge in [-0.2, -0.15) is 0 Å². The van der Waals surface area contributed by atoms with Gasteiger partial charge in [0.05, 0.1) is 0 Å². The van der Waals surface area contributed by atoms with E-state index < -0.39 is 0 Å². The first-order valence-electron chi connectivity index (χ1n) is 9.85. The highest BCUT2D eigenvalue weighted by molar-refractivity contribution is 5.82. The standard InChI is InChI=1S/C24H26N2/c1-3-22(26-19-8-5-4-6-9-19)18-14-20(17-10-11-17)23-21(15-18)24(12-7-13-24)16(2)25-23/h3-6,8-9,14-15,17,25-26H,2,7,10-13H2,1H3/b22-3-. The summed E-state index contributed by atoms with van der Waals surface area (Å²) in [6.45, 7) is 6.50. The Hall–Kier alpha value is -2.48. The first-order chi connectivity index (χ1) is 12.7. The van der Waals surface area contributed by atoms with E-state index >= 15 is 0 Å². The zero-order valence-corrected chi connectivity index (χ0v) is 15.4. The summed E-state index contributed by atoms with van der Waals surface area (Å²) in [6.07, 6.45) is 8.59. The van der Waals surface area contributed by atoms with Gasteiger partial charge in [0.2, 0.25) is 0 Å². The third-order valence-electron chi connectivity index (χ3n) is 6.41. The third-order valence-corrected chi connectivity index (χ3v) is 6.41. The van der Waals surface area contributed by atoms with Gasteiger partial charge in [0.15, 0.2) is 0 Å². The van der Waals surface area contributed by atoms with Crippen molar-refractivity contribution >= 4 is 17.1 Å². The minimum absolute atomic E-state index is 0.181. The maximum absolute atomic E-state index is 4.39. The van der Waals surface area contributed by atoms with Gasteiger partial charge in [-0.1, -0.05) is 37.3 Å². The van der Waals surface area contributed by atoms with Crippen molar-refractivity contribution in [1.29, 1.82) is 0 Å². The Balaban J connectivity index is 1.60. The van der Waals surface area contributed by atoms with Gasteiger partial charge in [-0.05, 0) is 79.5 Å². The van der Waals surface area contributed by atoms with Crippen LogP contribution < -0.4 is 10.6 Å². The average Bonchev–Trinajstić information content (AvgIpc) is 3.41. The maximum Gasteiger partial charge on any atom is 0.0460 e. The van der Waals surface area contributed by atoms with Gasteiger partial charge >= 0.3 is 0 Å². The van der Waals surface area contributed by atoms with E-state index in [9.17, 15) is 0 Å². The molecule has 2 aliphatic carbocycles. The van der Waals surface area contributed by atoms with Crippen molar-refractivity contribution in [1.82, 2.24) is 0 Å². The Kier molecular flexibility index (Phi) is 3.49. The molecule has 0 unspecified atom stereocenters. The van der Waals surface area contributed by atoms with Crippen LogP contribution in [0.15, 0.2) is 60.8 Å². The lowest BCUT2D eigenvalue weighted by Crippen LogP contribution is -2.33. The summed E-state index contributed by atoms with van der Waals surface area (Å²) in [5.41, 5.74) is 9.38. The smallest absolute Gasteiger partial charge is 0.0460 e. The van der Waals surface area contributed by atoms with Crippen LogP contribution in [0.3, 0.4) is 0 Å². The van der Waals surface area contributed by atoms with Crippen molar-refractivity contribution in [2.75, 3.05) is 10.6 Å². The normalized spacial score (nSPS) is 20.5. The Labute approximate surface area is 156 Å². The van der Waals surface area contributed by atoms with Crippen molar-refractivity contribution < 1.29 is 0 Å². The van der Waals surface area contributed by atoms with Gasteiger partial charge < -0.3 is 10.6 Å². The van der Waals surface area contributed by atoms with Crippen molar-refractivity contribution in [3.8, 4) is 0 Å². The van der Waals surface area contributed by atoms with Crippen LogP contribution in [0.4, 0.5) is 11.4 Å². The number of hydrogen-bond acceptors (Lipinski definition) is 2. The van der Waals surface area contributed by atoms with E-state index in [0.717, 1.165) is 5.69 Å².